The van der Waals surface area contributed by atoms with Crippen molar-refractivity contribution in [2.45, 2.75) is 32.3 Å². The quantitative estimate of drug-likeness (QED) is 0.685. The van der Waals surface area contributed by atoms with Gasteiger partial charge in [0.05, 0.1) is 26.4 Å². The standard InChI is InChI=1S/C10H18O4/c1-8(10-13-6-7-14-10)2-3-9-11-4-5-12-9/h8-10H,2-7H2,1H3. The molecule has 2 aliphatic rings. The number of rotatable bonds is 4. The summed E-state index contributed by atoms with van der Waals surface area (Å²) in [6.45, 7) is 5.06. The van der Waals surface area contributed by atoms with Crippen LogP contribution >= 0.6 is 0 Å². The molecule has 0 aromatic rings. The molecule has 82 valence electrons. The minimum Gasteiger partial charge on any atom is -0.350 e. The molecular formula is C10H18O4. The van der Waals surface area contributed by atoms with Gasteiger partial charge in [-0.05, 0) is 12.8 Å². The van der Waals surface area contributed by atoms with E-state index < -0.39 is 0 Å². The van der Waals surface area contributed by atoms with Crippen molar-refractivity contribution in [2.75, 3.05) is 26.4 Å². The molecule has 1 atom stereocenters. The van der Waals surface area contributed by atoms with Gasteiger partial charge in [0.15, 0.2) is 12.6 Å². The van der Waals surface area contributed by atoms with Crippen LogP contribution < -0.4 is 0 Å². The van der Waals surface area contributed by atoms with Crippen molar-refractivity contribution in [1.82, 2.24) is 0 Å². The van der Waals surface area contributed by atoms with Gasteiger partial charge in [-0.25, -0.2) is 0 Å². The van der Waals surface area contributed by atoms with E-state index in [4.69, 9.17) is 18.9 Å². The number of ether oxygens (including phenoxy) is 4. The van der Waals surface area contributed by atoms with E-state index in [-0.39, 0.29) is 12.6 Å². The molecule has 0 bridgehead atoms. The third-order valence-electron chi connectivity index (χ3n) is 2.66. The van der Waals surface area contributed by atoms with Crippen molar-refractivity contribution >= 4 is 0 Å². The fourth-order valence-electron chi connectivity index (χ4n) is 1.81. The van der Waals surface area contributed by atoms with Crippen LogP contribution in [0.5, 0.6) is 0 Å². The smallest absolute Gasteiger partial charge is 0.160 e. The lowest BCUT2D eigenvalue weighted by molar-refractivity contribution is -0.0932. The van der Waals surface area contributed by atoms with Crippen LogP contribution in [0.1, 0.15) is 19.8 Å². The van der Waals surface area contributed by atoms with Crippen LogP contribution in [-0.2, 0) is 18.9 Å². The molecular weight excluding hydrogens is 184 g/mol. The third kappa shape index (κ3) is 2.67. The fourth-order valence-corrected chi connectivity index (χ4v) is 1.81. The molecule has 0 spiro atoms. The zero-order chi connectivity index (χ0) is 9.80. The molecule has 0 aromatic heterocycles. The van der Waals surface area contributed by atoms with Gasteiger partial charge in [-0.3, -0.25) is 0 Å². The maximum Gasteiger partial charge on any atom is 0.160 e. The molecule has 4 heteroatoms. The maximum atomic E-state index is 5.43. The summed E-state index contributed by atoms with van der Waals surface area (Å²) in [4.78, 5) is 0. The Kier molecular flexibility index (Phi) is 3.75. The van der Waals surface area contributed by atoms with Crippen molar-refractivity contribution in [1.29, 1.82) is 0 Å². The molecule has 0 N–H and O–H groups in total. The first-order chi connectivity index (χ1) is 6.86. The van der Waals surface area contributed by atoms with E-state index in [1.54, 1.807) is 0 Å². The maximum absolute atomic E-state index is 5.43. The van der Waals surface area contributed by atoms with Gasteiger partial charge in [-0.1, -0.05) is 6.92 Å². The predicted octanol–water partition coefficient (Wildman–Crippen LogP) is 1.15. The second kappa shape index (κ2) is 5.07. The van der Waals surface area contributed by atoms with Crippen molar-refractivity contribution in [3.8, 4) is 0 Å². The van der Waals surface area contributed by atoms with Gasteiger partial charge in [0.1, 0.15) is 0 Å². The van der Waals surface area contributed by atoms with Crippen LogP contribution in [0.15, 0.2) is 0 Å². The van der Waals surface area contributed by atoms with Crippen LogP contribution in [0, 0.1) is 5.92 Å². The Morgan fingerprint density at radius 3 is 2.21 bits per heavy atom. The van der Waals surface area contributed by atoms with Gasteiger partial charge in [0.25, 0.3) is 0 Å². The van der Waals surface area contributed by atoms with Gasteiger partial charge in [0, 0.05) is 5.92 Å². The number of hydrogen-bond acceptors (Lipinski definition) is 4. The highest BCUT2D eigenvalue weighted by atomic mass is 16.7. The van der Waals surface area contributed by atoms with E-state index in [1.807, 2.05) is 0 Å². The summed E-state index contributed by atoms with van der Waals surface area (Å²) < 4.78 is 21.6. The zero-order valence-electron chi connectivity index (χ0n) is 8.61. The SMILES string of the molecule is CC(CCC1OCCO1)C1OCCO1. The molecule has 1 unspecified atom stereocenters. The van der Waals surface area contributed by atoms with Gasteiger partial charge in [-0.15, -0.1) is 0 Å². The van der Waals surface area contributed by atoms with Gasteiger partial charge >= 0.3 is 0 Å². The average molecular weight is 202 g/mol. The van der Waals surface area contributed by atoms with Gasteiger partial charge in [0.2, 0.25) is 0 Å². The average Bonchev–Trinajstić information content (AvgIpc) is 2.87. The molecule has 0 amide bonds. The van der Waals surface area contributed by atoms with Gasteiger partial charge < -0.3 is 18.9 Å². The highest BCUT2D eigenvalue weighted by molar-refractivity contribution is 4.64. The second-order valence-corrected chi connectivity index (χ2v) is 3.84. The Hall–Kier alpha value is -0.160. The summed E-state index contributed by atoms with van der Waals surface area (Å²) in [6, 6.07) is 0. The van der Waals surface area contributed by atoms with Crippen molar-refractivity contribution < 1.29 is 18.9 Å². The molecule has 0 aromatic carbocycles. The lowest BCUT2D eigenvalue weighted by Crippen LogP contribution is -2.20. The molecule has 0 aliphatic carbocycles. The molecule has 2 aliphatic heterocycles. The predicted molar refractivity (Wildman–Crippen MR) is 49.8 cm³/mol. The first-order valence-corrected chi connectivity index (χ1v) is 5.32. The van der Waals surface area contributed by atoms with Crippen LogP contribution in [0.4, 0.5) is 0 Å². The third-order valence-corrected chi connectivity index (χ3v) is 2.66. The highest BCUT2D eigenvalue weighted by Crippen LogP contribution is 2.21. The number of hydrogen-bond donors (Lipinski definition) is 0. The Bertz CT molecular complexity index is 162. The molecule has 2 saturated heterocycles. The largest absolute Gasteiger partial charge is 0.350 e. The van der Waals surface area contributed by atoms with Crippen LogP contribution in [0.3, 0.4) is 0 Å². The summed E-state index contributed by atoms with van der Waals surface area (Å²) in [7, 11) is 0. The first kappa shape index (κ1) is 10.4. The first-order valence-electron chi connectivity index (χ1n) is 5.32. The summed E-state index contributed by atoms with van der Waals surface area (Å²) in [5.41, 5.74) is 0. The molecule has 14 heavy (non-hydrogen) atoms. The summed E-state index contributed by atoms with van der Waals surface area (Å²) in [6.07, 6.45) is 1.94. The topological polar surface area (TPSA) is 36.9 Å². The molecule has 2 heterocycles. The van der Waals surface area contributed by atoms with E-state index in [2.05, 4.69) is 6.92 Å². The van der Waals surface area contributed by atoms with E-state index >= 15 is 0 Å². The highest BCUT2D eigenvalue weighted by Gasteiger charge is 2.25. The Morgan fingerprint density at radius 1 is 1.00 bits per heavy atom. The fraction of sp³-hybridized carbons (Fsp3) is 1.00. The molecule has 0 saturated carbocycles. The monoisotopic (exact) mass is 202 g/mol. The Balaban J connectivity index is 1.63. The van der Waals surface area contributed by atoms with Crippen molar-refractivity contribution in [3.05, 3.63) is 0 Å². The molecule has 4 nitrogen and oxygen atoms in total. The van der Waals surface area contributed by atoms with Crippen molar-refractivity contribution in [3.63, 3.8) is 0 Å². The Morgan fingerprint density at radius 2 is 1.57 bits per heavy atom. The van der Waals surface area contributed by atoms with Crippen LogP contribution in [0.25, 0.3) is 0 Å². The van der Waals surface area contributed by atoms with Crippen LogP contribution in [0.2, 0.25) is 0 Å². The van der Waals surface area contributed by atoms with E-state index in [0.29, 0.717) is 5.92 Å². The van der Waals surface area contributed by atoms with Crippen molar-refractivity contribution in [2.24, 2.45) is 5.92 Å². The second-order valence-electron chi connectivity index (χ2n) is 3.84. The van der Waals surface area contributed by atoms with E-state index in [9.17, 15) is 0 Å². The lowest BCUT2D eigenvalue weighted by Gasteiger charge is -2.18. The van der Waals surface area contributed by atoms with Gasteiger partial charge in [-0.2, -0.15) is 0 Å². The van der Waals surface area contributed by atoms with Crippen LogP contribution in [-0.4, -0.2) is 39.0 Å². The lowest BCUT2D eigenvalue weighted by atomic mass is 10.1. The van der Waals surface area contributed by atoms with E-state index in [0.717, 1.165) is 39.3 Å². The summed E-state index contributed by atoms with van der Waals surface area (Å²) in [5.74, 6) is 0.422. The normalized spacial score (nSPS) is 27.2. The minimum absolute atomic E-state index is 0.00106. The molecule has 2 rings (SSSR count). The van der Waals surface area contributed by atoms with E-state index in [1.165, 1.54) is 0 Å². The summed E-state index contributed by atoms with van der Waals surface area (Å²) >= 11 is 0. The molecule has 2 fully saturated rings. The Labute approximate surface area is 84.5 Å². The minimum atomic E-state index is -0.0172. The zero-order valence-corrected chi connectivity index (χ0v) is 8.61. The summed E-state index contributed by atoms with van der Waals surface area (Å²) in [5, 5.41) is 0. The molecule has 0 radical (unpaired) electrons.